The molecular formula is C16H32N2O. The third-order valence-electron chi connectivity index (χ3n) is 4.07. The maximum Gasteiger partial charge on any atom is 0.241 e. The highest BCUT2D eigenvalue weighted by atomic mass is 16.2. The summed E-state index contributed by atoms with van der Waals surface area (Å²) in [5, 5.41) is 3.48. The number of carbonyl (C=O) groups is 1. The van der Waals surface area contributed by atoms with Crippen LogP contribution < -0.4 is 5.32 Å². The zero-order valence-electron chi connectivity index (χ0n) is 13.1. The Kier molecular flexibility index (Phi) is 8.11. The second kappa shape index (κ2) is 9.35. The van der Waals surface area contributed by atoms with Crippen LogP contribution in [0.25, 0.3) is 0 Å². The van der Waals surface area contributed by atoms with E-state index in [1.165, 1.54) is 32.1 Å². The van der Waals surface area contributed by atoms with Gasteiger partial charge in [-0.25, -0.2) is 0 Å². The molecular weight excluding hydrogens is 236 g/mol. The van der Waals surface area contributed by atoms with Crippen LogP contribution in [0, 0.1) is 0 Å². The highest BCUT2D eigenvalue weighted by Gasteiger charge is 2.36. The van der Waals surface area contributed by atoms with E-state index in [0.29, 0.717) is 5.91 Å². The molecule has 1 amide bonds. The fourth-order valence-electron chi connectivity index (χ4n) is 2.91. The predicted molar refractivity (Wildman–Crippen MR) is 81.0 cm³/mol. The number of hydrogen-bond donors (Lipinski definition) is 1. The highest BCUT2D eigenvalue weighted by molar-refractivity contribution is 5.84. The largest absolute Gasteiger partial charge is 0.326 e. The monoisotopic (exact) mass is 268 g/mol. The lowest BCUT2D eigenvalue weighted by Crippen LogP contribution is -2.37. The van der Waals surface area contributed by atoms with Crippen LogP contribution in [0.1, 0.15) is 78.6 Å². The standard InChI is InChI=1S/C16H32N2O/c1-4-7-8-9-10-11-13-18-15(6-3)17-14(12-5-2)16(18)19/h14-15,17H,4-13H2,1-3H3. The molecule has 1 aliphatic heterocycles. The first-order valence-corrected chi connectivity index (χ1v) is 8.31. The Morgan fingerprint density at radius 1 is 1.00 bits per heavy atom. The fourth-order valence-corrected chi connectivity index (χ4v) is 2.91. The van der Waals surface area contributed by atoms with Crippen molar-refractivity contribution in [3.8, 4) is 0 Å². The van der Waals surface area contributed by atoms with Gasteiger partial charge in [-0.2, -0.15) is 0 Å². The first-order chi connectivity index (χ1) is 9.24. The summed E-state index contributed by atoms with van der Waals surface area (Å²) in [7, 11) is 0. The molecule has 0 aromatic heterocycles. The van der Waals surface area contributed by atoms with Gasteiger partial charge in [0.25, 0.3) is 0 Å². The molecule has 19 heavy (non-hydrogen) atoms. The van der Waals surface area contributed by atoms with Crippen LogP contribution >= 0.6 is 0 Å². The Morgan fingerprint density at radius 2 is 1.68 bits per heavy atom. The van der Waals surface area contributed by atoms with Crippen LogP contribution in [-0.4, -0.2) is 29.6 Å². The number of unbranched alkanes of at least 4 members (excludes halogenated alkanes) is 5. The number of carbonyl (C=O) groups excluding carboxylic acids is 1. The Balaban J connectivity index is 2.28. The molecule has 3 heteroatoms. The number of nitrogens with one attached hydrogen (secondary N) is 1. The third-order valence-corrected chi connectivity index (χ3v) is 4.07. The second-order valence-corrected chi connectivity index (χ2v) is 5.73. The van der Waals surface area contributed by atoms with Gasteiger partial charge < -0.3 is 4.90 Å². The Bertz CT molecular complexity index is 255. The molecule has 1 fully saturated rings. The molecule has 0 bridgehead atoms. The van der Waals surface area contributed by atoms with E-state index in [1.807, 2.05) is 0 Å². The maximum atomic E-state index is 12.3. The van der Waals surface area contributed by atoms with Crippen molar-refractivity contribution in [2.45, 2.75) is 90.8 Å². The van der Waals surface area contributed by atoms with Crippen LogP contribution in [0.5, 0.6) is 0 Å². The Labute approximate surface area is 119 Å². The molecule has 1 rings (SSSR count). The van der Waals surface area contributed by atoms with Gasteiger partial charge in [0.05, 0.1) is 12.2 Å². The van der Waals surface area contributed by atoms with Crippen molar-refractivity contribution >= 4 is 5.91 Å². The molecule has 0 spiro atoms. The van der Waals surface area contributed by atoms with Gasteiger partial charge in [-0.05, 0) is 19.3 Å². The third kappa shape index (κ3) is 5.13. The summed E-state index contributed by atoms with van der Waals surface area (Å²) in [6.07, 6.45) is 11.1. The van der Waals surface area contributed by atoms with E-state index in [1.54, 1.807) is 0 Å². The maximum absolute atomic E-state index is 12.3. The van der Waals surface area contributed by atoms with E-state index in [9.17, 15) is 4.79 Å². The van der Waals surface area contributed by atoms with Gasteiger partial charge in [-0.3, -0.25) is 10.1 Å². The molecule has 1 heterocycles. The van der Waals surface area contributed by atoms with E-state index in [2.05, 4.69) is 31.0 Å². The van der Waals surface area contributed by atoms with Crippen LogP contribution in [0.4, 0.5) is 0 Å². The highest BCUT2D eigenvalue weighted by Crippen LogP contribution is 2.18. The summed E-state index contributed by atoms with van der Waals surface area (Å²) in [5.74, 6) is 0.335. The van der Waals surface area contributed by atoms with Crippen molar-refractivity contribution in [3.05, 3.63) is 0 Å². The summed E-state index contributed by atoms with van der Waals surface area (Å²) in [5.41, 5.74) is 0. The van der Waals surface area contributed by atoms with Gasteiger partial charge in [0, 0.05) is 6.54 Å². The normalized spacial score (nSPS) is 23.3. The van der Waals surface area contributed by atoms with Crippen molar-refractivity contribution in [2.75, 3.05) is 6.54 Å². The zero-order valence-corrected chi connectivity index (χ0v) is 13.1. The SMILES string of the molecule is CCCCCCCCN1C(=O)C(CCC)NC1CC. The predicted octanol–water partition coefficient (Wildman–Crippen LogP) is 3.68. The quantitative estimate of drug-likeness (QED) is 0.613. The average molecular weight is 268 g/mol. The van der Waals surface area contributed by atoms with Crippen molar-refractivity contribution in [2.24, 2.45) is 0 Å². The first kappa shape index (κ1) is 16.5. The molecule has 1 N–H and O–H groups in total. The smallest absolute Gasteiger partial charge is 0.241 e. The van der Waals surface area contributed by atoms with Gasteiger partial charge in [-0.1, -0.05) is 59.3 Å². The van der Waals surface area contributed by atoms with Crippen LogP contribution in [-0.2, 0) is 4.79 Å². The topological polar surface area (TPSA) is 32.3 Å². The van der Waals surface area contributed by atoms with Crippen molar-refractivity contribution in [1.29, 1.82) is 0 Å². The molecule has 0 aromatic rings. The Morgan fingerprint density at radius 3 is 2.32 bits per heavy atom. The molecule has 2 atom stereocenters. The lowest BCUT2D eigenvalue weighted by Gasteiger charge is -2.23. The molecule has 112 valence electrons. The first-order valence-electron chi connectivity index (χ1n) is 8.31. The van der Waals surface area contributed by atoms with Gasteiger partial charge in [0.2, 0.25) is 5.91 Å². The second-order valence-electron chi connectivity index (χ2n) is 5.73. The summed E-state index contributed by atoms with van der Waals surface area (Å²) in [4.78, 5) is 14.4. The molecule has 0 saturated carbocycles. The summed E-state index contributed by atoms with van der Waals surface area (Å²) in [6.45, 7) is 7.49. The molecule has 2 unspecified atom stereocenters. The van der Waals surface area contributed by atoms with Gasteiger partial charge in [0.15, 0.2) is 0 Å². The van der Waals surface area contributed by atoms with Crippen molar-refractivity contribution in [1.82, 2.24) is 10.2 Å². The molecule has 1 saturated heterocycles. The van der Waals surface area contributed by atoms with Gasteiger partial charge in [0.1, 0.15) is 0 Å². The molecule has 3 nitrogen and oxygen atoms in total. The van der Waals surface area contributed by atoms with E-state index in [0.717, 1.165) is 32.2 Å². The van der Waals surface area contributed by atoms with Crippen LogP contribution in [0.3, 0.4) is 0 Å². The molecule has 0 aromatic carbocycles. The van der Waals surface area contributed by atoms with Crippen LogP contribution in [0.15, 0.2) is 0 Å². The summed E-state index contributed by atoms with van der Waals surface area (Å²) >= 11 is 0. The zero-order chi connectivity index (χ0) is 14.1. The van der Waals surface area contributed by atoms with E-state index < -0.39 is 0 Å². The van der Waals surface area contributed by atoms with Gasteiger partial charge in [-0.15, -0.1) is 0 Å². The lowest BCUT2D eigenvalue weighted by atomic mass is 10.1. The fraction of sp³-hybridized carbons (Fsp3) is 0.938. The number of nitrogens with zero attached hydrogens (tertiary/aromatic N) is 1. The van der Waals surface area contributed by atoms with E-state index >= 15 is 0 Å². The van der Waals surface area contributed by atoms with Gasteiger partial charge >= 0.3 is 0 Å². The van der Waals surface area contributed by atoms with Crippen molar-refractivity contribution < 1.29 is 4.79 Å². The minimum atomic E-state index is 0.0787. The number of hydrogen-bond acceptors (Lipinski definition) is 2. The summed E-state index contributed by atoms with van der Waals surface area (Å²) < 4.78 is 0. The van der Waals surface area contributed by atoms with Crippen molar-refractivity contribution in [3.63, 3.8) is 0 Å². The number of rotatable bonds is 10. The Hall–Kier alpha value is -0.570. The minimum absolute atomic E-state index is 0.0787. The molecule has 0 aliphatic carbocycles. The minimum Gasteiger partial charge on any atom is -0.326 e. The molecule has 0 radical (unpaired) electrons. The average Bonchev–Trinajstić information content (AvgIpc) is 2.71. The summed E-state index contributed by atoms with van der Waals surface area (Å²) in [6, 6.07) is 0.0787. The lowest BCUT2D eigenvalue weighted by molar-refractivity contribution is -0.130. The van der Waals surface area contributed by atoms with E-state index in [-0.39, 0.29) is 12.2 Å². The molecule has 1 aliphatic rings. The van der Waals surface area contributed by atoms with E-state index in [4.69, 9.17) is 0 Å². The van der Waals surface area contributed by atoms with Crippen LogP contribution in [0.2, 0.25) is 0 Å². The number of amides is 1.